The lowest BCUT2D eigenvalue weighted by Crippen LogP contribution is -2.21. The van der Waals surface area contributed by atoms with Crippen LogP contribution in [-0.2, 0) is 35.2 Å². The van der Waals surface area contributed by atoms with E-state index in [0.29, 0.717) is 4.73 Å². The van der Waals surface area contributed by atoms with E-state index in [-0.39, 0.29) is 57.2 Å². The molecule has 0 atom stereocenters. The second-order valence-corrected chi connectivity index (χ2v) is 6.42. The Balaban J connectivity index is 1.55. The number of hydrogen-bond donors (Lipinski definition) is 4. The standard InChI is InChI=1S/C19H22N2O11/c22-12(11-20-13(23)2-3-14(20)24)1-6-17(27)30-9-10-31-18(28)7-8-19(29)32-21-15(25)4-5-16(21)26/h2-5,23-26H,1,6-11H2. The van der Waals surface area contributed by atoms with Crippen molar-refractivity contribution in [1.29, 1.82) is 0 Å². The fourth-order valence-electron chi connectivity index (χ4n) is 2.41. The van der Waals surface area contributed by atoms with E-state index in [1.54, 1.807) is 0 Å². The molecule has 4 N–H and O–H groups in total. The van der Waals surface area contributed by atoms with Gasteiger partial charge >= 0.3 is 17.9 Å². The number of hydrogen-bond acceptors (Lipinski definition) is 11. The summed E-state index contributed by atoms with van der Waals surface area (Å²) in [6.07, 6.45) is -1.14. The molecule has 174 valence electrons. The third kappa shape index (κ3) is 7.27. The quantitative estimate of drug-likeness (QED) is 0.249. The number of esters is 2. The summed E-state index contributed by atoms with van der Waals surface area (Å²) in [4.78, 5) is 51.3. The molecule has 0 aliphatic rings. The number of rotatable bonds is 12. The Hall–Kier alpha value is -4.16. The minimum atomic E-state index is -0.901. The Morgan fingerprint density at radius 1 is 0.656 bits per heavy atom. The van der Waals surface area contributed by atoms with E-state index in [2.05, 4.69) is 4.84 Å². The van der Waals surface area contributed by atoms with Gasteiger partial charge < -0.3 is 34.7 Å². The summed E-state index contributed by atoms with van der Waals surface area (Å²) in [5.41, 5.74) is 0. The van der Waals surface area contributed by atoms with Gasteiger partial charge in [0.25, 0.3) is 0 Å². The van der Waals surface area contributed by atoms with Gasteiger partial charge in [-0.25, -0.2) is 4.79 Å². The number of carbonyl (C=O) groups is 4. The van der Waals surface area contributed by atoms with Crippen molar-refractivity contribution in [3.63, 3.8) is 0 Å². The zero-order valence-electron chi connectivity index (χ0n) is 16.8. The minimum absolute atomic E-state index is 0.176. The molecule has 2 aromatic heterocycles. The smallest absolute Gasteiger partial charge is 0.333 e. The SMILES string of the molecule is O=C(CCC(=O)OCCOC(=O)CCC(=O)On1c(O)ccc1O)Cn1c(O)ccc1O. The molecule has 13 nitrogen and oxygen atoms in total. The number of carbonyl (C=O) groups excluding carboxylic acids is 4. The van der Waals surface area contributed by atoms with Gasteiger partial charge in [0.05, 0.1) is 25.8 Å². The summed E-state index contributed by atoms with van der Waals surface area (Å²) in [7, 11) is 0. The number of aromatic hydroxyl groups is 4. The molecule has 0 amide bonds. The van der Waals surface area contributed by atoms with E-state index >= 15 is 0 Å². The molecule has 0 saturated carbocycles. The number of ketones is 1. The van der Waals surface area contributed by atoms with Gasteiger partial charge in [0.15, 0.2) is 17.5 Å². The topological polar surface area (TPSA) is 187 Å². The minimum Gasteiger partial charge on any atom is -0.494 e. The molecule has 0 spiro atoms. The van der Waals surface area contributed by atoms with Crippen LogP contribution in [0.2, 0.25) is 0 Å². The van der Waals surface area contributed by atoms with Crippen molar-refractivity contribution in [3.8, 4) is 23.5 Å². The van der Waals surface area contributed by atoms with Crippen LogP contribution in [0.4, 0.5) is 0 Å². The highest BCUT2D eigenvalue weighted by molar-refractivity contribution is 5.83. The highest BCUT2D eigenvalue weighted by Gasteiger charge is 2.15. The summed E-state index contributed by atoms with van der Waals surface area (Å²) < 4.78 is 11.1. The molecule has 0 aromatic carbocycles. The highest BCUT2D eigenvalue weighted by atomic mass is 16.7. The van der Waals surface area contributed by atoms with Gasteiger partial charge in [-0.3, -0.25) is 19.0 Å². The molecule has 0 fully saturated rings. The van der Waals surface area contributed by atoms with Crippen molar-refractivity contribution in [3.05, 3.63) is 24.3 Å². The number of aromatic nitrogens is 2. The first kappa shape index (κ1) is 24.1. The molecule has 0 saturated heterocycles. The maximum Gasteiger partial charge on any atom is 0.333 e. The predicted molar refractivity (Wildman–Crippen MR) is 103 cm³/mol. The normalized spacial score (nSPS) is 10.5. The van der Waals surface area contributed by atoms with Crippen molar-refractivity contribution in [2.75, 3.05) is 13.2 Å². The first-order valence-electron chi connectivity index (χ1n) is 9.38. The molecular weight excluding hydrogens is 432 g/mol. The summed E-state index contributed by atoms with van der Waals surface area (Å²) in [6, 6.07) is 4.65. The molecule has 0 radical (unpaired) electrons. The van der Waals surface area contributed by atoms with Gasteiger partial charge in [0.2, 0.25) is 11.8 Å². The average molecular weight is 454 g/mol. The summed E-state index contributed by atoms with van der Waals surface area (Å²) in [5.74, 6) is -4.34. The molecule has 13 heteroatoms. The lowest BCUT2D eigenvalue weighted by atomic mass is 10.2. The van der Waals surface area contributed by atoms with E-state index in [4.69, 9.17) is 9.47 Å². The van der Waals surface area contributed by atoms with Crippen molar-refractivity contribution in [2.45, 2.75) is 32.2 Å². The lowest BCUT2D eigenvalue weighted by molar-refractivity contribution is -0.154. The Bertz CT molecular complexity index is 859. The molecule has 0 unspecified atom stereocenters. The molecule has 2 heterocycles. The van der Waals surface area contributed by atoms with Gasteiger partial charge in [-0.1, -0.05) is 0 Å². The second kappa shape index (κ2) is 11.3. The van der Waals surface area contributed by atoms with E-state index in [9.17, 15) is 39.6 Å². The second-order valence-electron chi connectivity index (χ2n) is 6.42. The van der Waals surface area contributed by atoms with Gasteiger partial charge in [-0.05, 0) is 0 Å². The fourth-order valence-corrected chi connectivity index (χ4v) is 2.41. The lowest BCUT2D eigenvalue weighted by Gasteiger charge is -2.08. The Morgan fingerprint density at radius 3 is 1.62 bits per heavy atom. The van der Waals surface area contributed by atoms with Crippen LogP contribution >= 0.6 is 0 Å². The van der Waals surface area contributed by atoms with Gasteiger partial charge in [-0.15, -0.1) is 4.73 Å². The van der Waals surface area contributed by atoms with E-state index in [0.717, 1.165) is 16.7 Å². The van der Waals surface area contributed by atoms with Crippen molar-refractivity contribution < 1.29 is 53.9 Å². The van der Waals surface area contributed by atoms with Crippen LogP contribution in [0.3, 0.4) is 0 Å². The van der Waals surface area contributed by atoms with Gasteiger partial charge in [0.1, 0.15) is 13.2 Å². The molecule has 0 aliphatic heterocycles. The molecule has 0 bridgehead atoms. The monoisotopic (exact) mass is 454 g/mol. The largest absolute Gasteiger partial charge is 0.494 e. The van der Waals surface area contributed by atoms with E-state index in [1.165, 1.54) is 12.1 Å². The maximum atomic E-state index is 11.8. The van der Waals surface area contributed by atoms with E-state index < -0.39 is 35.5 Å². The molecule has 32 heavy (non-hydrogen) atoms. The predicted octanol–water partition coefficient (Wildman–Crippen LogP) is -0.0167. The fraction of sp³-hybridized carbons (Fsp3) is 0.368. The van der Waals surface area contributed by atoms with Crippen molar-refractivity contribution in [1.82, 2.24) is 9.30 Å². The summed E-state index contributed by atoms with van der Waals surface area (Å²) in [6.45, 7) is -0.826. The Labute approximate surface area is 180 Å². The maximum absolute atomic E-state index is 11.8. The van der Waals surface area contributed by atoms with Gasteiger partial charge in [0, 0.05) is 30.7 Å². The summed E-state index contributed by atoms with van der Waals surface area (Å²) in [5, 5.41) is 37.6. The average Bonchev–Trinajstić information content (AvgIpc) is 3.24. The van der Waals surface area contributed by atoms with Crippen LogP contribution in [-0.4, -0.2) is 66.6 Å². The first-order chi connectivity index (χ1) is 15.2. The van der Waals surface area contributed by atoms with Crippen molar-refractivity contribution in [2.24, 2.45) is 0 Å². The number of Topliss-reactive ketones (excluding diaryl/α,β-unsaturated/α-hetero) is 1. The summed E-state index contributed by atoms with van der Waals surface area (Å²) >= 11 is 0. The van der Waals surface area contributed by atoms with E-state index in [1.807, 2.05) is 0 Å². The zero-order valence-corrected chi connectivity index (χ0v) is 16.8. The first-order valence-corrected chi connectivity index (χ1v) is 9.38. The Kier molecular flexibility index (Phi) is 8.51. The molecule has 0 aliphatic carbocycles. The molecule has 2 rings (SSSR count). The van der Waals surface area contributed by atoms with Crippen LogP contribution < -0.4 is 4.84 Å². The number of ether oxygens (including phenoxy) is 2. The van der Waals surface area contributed by atoms with Crippen LogP contribution in [0.25, 0.3) is 0 Å². The third-order valence-electron chi connectivity index (χ3n) is 4.01. The van der Waals surface area contributed by atoms with Crippen LogP contribution in [0.15, 0.2) is 24.3 Å². The molecule has 2 aromatic rings. The van der Waals surface area contributed by atoms with Crippen LogP contribution in [0, 0.1) is 0 Å². The van der Waals surface area contributed by atoms with Gasteiger partial charge in [-0.2, -0.15) is 0 Å². The number of nitrogens with zero attached hydrogens (tertiary/aromatic N) is 2. The Morgan fingerprint density at radius 2 is 1.09 bits per heavy atom. The highest BCUT2D eigenvalue weighted by Crippen LogP contribution is 2.21. The van der Waals surface area contributed by atoms with Crippen molar-refractivity contribution >= 4 is 23.7 Å². The van der Waals surface area contributed by atoms with Crippen LogP contribution in [0.5, 0.6) is 23.5 Å². The molecular formula is C19H22N2O11. The third-order valence-corrected chi connectivity index (χ3v) is 4.01. The zero-order chi connectivity index (χ0) is 23.7. The van der Waals surface area contributed by atoms with Crippen LogP contribution in [0.1, 0.15) is 25.7 Å².